The summed E-state index contributed by atoms with van der Waals surface area (Å²) in [6.07, 6.45) is 28.6. The summed E-state index contributed by atoms with van der Waals surface area (Å²) in [4.78, 5) is 12.4. The minimum absolute atomic E-state index is 0.273. The van der Waals surface area contributed by atoms with Crippen molar-refractivity contribution < 1.29 is 28.0 Å². The molecule has 0 aromatic carbocycles. The van der Waals surface area contributed by atoms with Crippen LogP contribution < -0.4 is 5.32 Å². The third kappa shape index (κ3) is 25.7. The molecule has 8 heteroatoms. The first-order chi connectivity index (χ1) is 19.2. The molecule has 0 radical (unpaired) electrons. The first-order valence-electron chi connectivity index (χ1n) is 16.1. The number of unbranched alkanes of at least 4 members (excludes halogenated alkanes) is 17. The van der Waals surface area contributed by atoms with Crippen molar-refractivity contribution in [2.45, 2.75) is 167 Å². The average molecular weight is 588 g/mol. The first kappa shape index (κ1) is 38.8. The third-order valence-corrected chi connectivity index (χ3v) is 8.01. The van der Waals surface area contributed by atoms with E-state index < -0.39 is 40.0 Å². The van der Waals surface area contributed by atoms with E-state index in [9.17, 15) is 28.0 Å². The molecule has 40 heavy (non-hydrogen) atoms. The number of allylic oxidation sites excluding steroid dienone is 3. The second kappa shape index (κ2) is 26.7. The predicted octanol–water partition coefficient (Wildman–Crippen LogP) is 7.43. The van der Waals surface area contributed by atoms with Gasteiger partial charge in [0, 0.05) is 0 Å². The topological polar surface area (TPSA) is 124 Å². The average Bonchev–Trinajstić information content (AvgIpc) is 2.90. The molecule has 4 N–H and O–H groups in total. The van der Waals surface area contributed by atoms with Gasteiger partial charge in [0.2, 0.25) is 5.91 Å². The molecule has 3 atom stereocenters. The Morgan fingerprint density at radius 3 is 1.62 bits per heavy atom. The number of carbonyl (C=O) groups excluding carboxylic acids is 1. The van der Waals surface area contributed by atoms with E-state index >= 15 is 0 Å². The summed E-state index contributed by atoms with van der Waals surface area (Å²) in [5, 5.41) is 23.0. The zero-order valence-electron chi connectivity index (χ0n) is 25.6. The van der Waals surface area contributed by atoms with Gasteiger partial charge in [-0.1, -0.05) is 128 Å². The number of amides is 1. The Kier molecular flexibility index (Phi) is 25.9. The Balaban J connectivity index is 3.98. The van der Waals surface area contributed by atoms with Crippen LogP contribution in [-0.4, -0.2) is 53.1 Å². The van der Waals surface area contributed by atoms with Crippen molar-refractivity contribution in [3.8, 4) is 0 Å². The first-order valence-corrected chi connectivity index (χ1v) is 17.8. The molecule has 0 aliphatic heterocycles. The molecule has 0 rings (SSSR count). The van der Waals surface area contributed by atoms with E-state index in [1.54, 1.807) is 6.08 Å². The smallest absolute Gasteiger partial charge is 0.267 e. The predicted molar refractivity (Wildman–Crippen MR) is 167 cm³/mol. The van der Waals surface area contributed by atoms with E-state index in [2.05, 4.69) is 31.3 Å². The molecule has 0 fully saturated rings. The van der Waals surface area contributed by atoms with Gasteiger partial charge >= 0.3 is 0 Å². The quantitative estimate of drug-likeness (QED) is 0.0429. The van der Waals surface area contributed by atoms with Gasteiger partial charge in [0.25, 0.3) is 10.1 Å². The van der Waals surface area contributed by atoms with E-state index in [0.29, 0.717) is 6.42 Å². The minimum Gasteiger partial charge on any atom is -0.387 e. The van der Waals surface area contributed by atoms with Crippen LogP contribution in [0.15, 0.2) is 24.3 Å². The van der Waals surface area contributed by atoms with Crippen LogP contribution >= 0.6 is 0 Å². The zero-order chi connectivity index (χ0) is 29.9. The van der Waals surface area contributed by atoms with Crippen molar-refractivity contribution in [1.29, 1.82) is 0 Å². The zero-order valence-corrected chi connectivity index (χ0v) is 26.4. The normalized spacial score (nSPS) is 14.6. The van der Waals surface area contributed by atoms with Crippen molar-refractivity contribution in [3.63, 3.8) is 0 Å². The lowest BCUT2D eigenvalue weighted by molar-refractivity contribution is -0.130. The van der Waals surface area contributed by atoms with E-state index in [1.807, 2.05) is 0 Å². The van der Waals surface area contributed by atoms with Gasteiger partial charge in [0.1, 0.15) is 6.10 Å². The molecule has 0 aliphatic carbocycles. The summed E-state index contributed by atoms with van der Waals surface area (Å²) in [6.45, 7) is 4.34. The van der Waals surface area contributed by atoms with Gasteiger partial charge in [0.05, 0.1) is 17.9 Å². The van der Waals surface area contributed by atoms with Gasteiger partial charge < -0.3 is 15.5 Å². The molecule has 0 saturated heterocycles. The van der Waals surface area contributed by atoms with Crippen molar-refractivity contribution in [2.75, 3.05) is 5.75 Å². The van der Waals surface area contributed by atoms with Crippen LogP contribution in [0, 0.1) is 0 Å². The van der Waals surface area contributed by atoms with Crippen LogP contribution in [0.25, 0.3) is 0 Å². The number of nitrogens with one attached hydrogen (secondary N) is 1. The van der Waals surface area contributed by atoms with Crippen molar-refractivity contribution in [2.24, 2.45) is 0 Å². The van der Waals surface area contributed by atoms with E-state index in [4.69, 9.17) is 0 Å². The molecule has 0 heterocycles. The van der Waals surface area contributed by atoms with Crippen LogP contribution in [0.1, 0.15) is 149 Å². The molecule has 0 saturated carbocycles. The van der Waals surface area contributed by atoms with Gasteiger partial charge in [-0.3, -0.25) is 9.35 Å². The van der Waals surface area contributed by atoms with Gasteiger partial charge in [-0.25, -0.2) is 0 Å². The molecule has 3 unspecified atom stereocenters. The molecule has 0 aromatic heterocycles. The number of carbonyl (C=O) groups is 1. The summed E-state index contributed by atoms with van der Waals surface area (Å²) < 4.78 is 32.0. The fraction of sp³-hybridized carbons (Fsp3) is 0.844. The molecule has 0 aliphatic rings. The fourth-order valence-corrected chi connectivity index (χ4v) is 5.42. The van der Waals surface area contributed by atoms with Crippen LogP contribution in [0.5, 0.6) is 0 Å². The highest BCUT2D eigenvalue weighted by atomic mass is 32.2. The second-order valence-corrected chi connectivity index (χ2v) is 12.7. The molecular formula is C32H61NO6S. The van der Waals surface area contributed by atoms with Crippen LogP contribution in [0.2, 0.25) is 0 Å². The van der Waals surface area contributed by atoms with Gasteiger partial charge in [-0.05, 0) is 44.9 Å². The van der Waals surface area contributed by atoms with Gasteiger partial charge in [0.15, 0.2) is 0 Å². The van der Waals surface area contributed by atoms with Crippen LogP contribution in [-0.2, 0) is 14.9 Å². The highest BCUT2D eigenvalue weighted by Crippen LogP contribution is 2.13. The lowest BCUT2D eigenvalue weighted by Gasteiger charge is -2.22. The van der Waals surface area contributed by atoms with Crippen LogP contribution in [0.4, 0.5) is 0 Å². The summed E-state index contributed by atoms with van der Waals surface area (Å²) in [7, 11) is -4.42. The highest BCUT2D eigenvalue weighted by molar-refractivity contribution is 7.85. The molecule has 0 aromatic rings. The molecule has 7 nitrogen and oxygen atoms in total. The number of rotatable bonds is 28. The number of hydrogen-bond acceptors (Lipinski definition) is 5. The summed E-state index contributed by atoms with van der Waals surface area (Å²) in [5.41, 5.74) is 0. The Hall–Kier alpha value is -1.22. The SMILES string of the molecule is CCCCC/C=C/C(O)C(CS(=O)(=O)O)NC(=O)C(O)CCCCCCCC/C=C\CCCCCCCCCC. The lowest BCUT2D eigenvalue weighted by Crippen LogP contribution is -2.50. The van der Waals surface area contributed by atoms with Crippen molar-refractivity contribution in [3.05, 3.63) is 24.3 Å². The second-order valence-electron chi connectivity index (χ2n) is 11.2. The number of hydrogen-bond donors (Lipinski definition) is 4. The molecular weight excluding hydrogens is 526 g/mol. The maximum Gasteiger partial charge on any atom is 0.267 e. The summed E-state index contributed by atoms with van der Waals surface area (Å²) >= 11 is 0. The molecule has 0 bridgehead atoms. The maximum absolute atomic E-state index is 12.4. The summed E-state index contributed by atoms with van der Waals surface area (Å²) in [6, 6.07) is -1.23. The highest BCUT2D eigenvalue weighted by Gasteiger charge is 2.27. The third-order valence-electron chi connectivity index (χ3n) is 7.23. The lowest BCUT2D eigenvalue weighted by atomic mass is 10.0. The van der Waals surface area contributed by atoms with Gasteiger partial charge in [-0.15, -0.1) is 0 Å². The Morgan fingerprint density at radius 1 is 0.675 bits per heavy atom. The van der Waals surface area contributed by atoms with Crippen molar-refractivity contribution in [1.82, 2.24) is 5.32 Å². The Bertz CT molecular complexity index is 753. The van der Waals surface area contributed by atoms with E-state index in [0.717, 1.165) is 51.4 Å². The van der Waals surface area contributed by atoms with Crippen LogP contribution in [0.3, 0.4) is 0 Å². The Morgan fingerprint density at radius 2 is 1.10 bits per heavy atom. The largest absolute Gasteiger partial charge is 0.387 e. The molecule has 0 spiro atoms. The Labute approximate surface area is 246 Å². The van der Waals surface area contributed by atoms with E-state index in [-0.39, 0.29) is 6.42 Å². The summed E-state index contributed by atoms with van der Waals surface area (Å²) in [5.74, 6) is -1.55. The molecule has 1 amide bonds. The standard InChI is InChI=1S/C32H61NO6S/c1-3-5-7-9-10-11-12-13-14-15-16-17-18-19-20-21-23-25-27-31(35)32(36)33-29(28-40(37,38)39)30(34)26-24-22-8-6-4-2/h15-16,24,26,29-31,34-35H,3-14,17-23,25,27-28H2,1-2H3,(H,33,36)(H,37,38,39)/b16-15-,26-24+. The van der Waals surface area contributed by atoms with E-state index in [1.165, 1.54) is 76.7 Å². The fourth-order valence-electron chi connectivity index (χ4n) is 4.68. The number of aliphatic hydroxyl groups excluding tert-OH is 2. The van der Waals surface area contributed by atoms with Gasteiger partial charge in [-0.2, -0.15) is 8.42 Å². The maximum atomic E-state index is 12.4. The van der Waals surface area contributed by atoms with Crippen molar-refractivity contribution >= 4 is 16.0 Å². The number of aliphatic hydroxyl groups is 2. The monoisotopic (exact) mass is 587 g/mol. The molecule has 236 valence electrons. The minimum atomic E-state index is -4.42.